The molecule has 0 amide bonds. The van der Waals surface area contributed by atoms with Gasteiger partial charge in [-0.2, -0.15) is 0 Å². The molecule has 0 radical (unpaired) electrons. The molecule has 33 heavy (non-hydrogen) atoms. The van der Waals surface area contributed by atoms with Crippen LogP contribution in [0.1, 0.15) is 51.9 Å². The van der Waals surface area contributed by atoms with Crippen molar-refractivity contribution in [3.8, 4) is 22.9 Å². The van der Waals surface area contributed by atoms with Crippen LogP contribution in [0.2, 0.25) is 38.3 Å². The van der Waals surface area contributed by atoms with E-state index in [4.69, 9.17) is 9.47 Å². The standard InChI is InChI=1S/C27H44N2O2Si2/c1-6-7-10-17-30-25-15-13-24(14-16-25)27-28-22-26(23-29-27)31-18-11-8-9-12-19-32(2)20-21-33(3,4)5/h13-16,20,22-23H,6-12,17-19,21H2,1-5H3/b32-20+. The summed E-state index contributed by atoms with van der Waals surface area (Å²) >= 11 is 0. The monoisotopic (exact) mass is 484 g/mol. The van der Waals surface area contributed by atoms with E-state index in [2.05, 4.69) is 48.8 Å². The molecule has 0 spiro atoms. The van der Waals surface area contributed by atoms with Gasteiger partial charge in [-0.15, -0.1) is 5.67 Å². The van der Waals surface area contributed by atoms with Crippen LogP contribution < -0.4 is 9.47 Å². The number of unbranched alkanes of at least 4 members (excludes halogenated alkanes) is 5. The van der Waals surface area contributed by atoms with Gasteiger partial charge in [0.15, 0.2) is 11.6 Å². The van der Waals surface area contributed by atoms with E-state index in [9.17, 15) is 0 Å². The van der Waals surface area contributed by atoms with Crippen LogP contribution >= 0.6 is 0 Å². The minimum absolute atomic E-state index is 0.238. The highest BCUT2D eigenvalue weighted by Gasteiger charge is 2.10. The Labute approximate surface area is 204 Å². The van der Waals surface area contributed by atoms with Crippen molar-refractivity contribution in [2.75, 3.05) is 13.2 Å². The van der Waals surface area contributed by atoms with E-state index in [0.717, 1.165) is 43.1 Å². The fourth-order valence-corrected chi connectivity index (χ4v) is 8.27. The highest BCUT2D eigenvalue weighted by atomic mass is 28.3. The second-order valence-corrected chi connectivity index (χ2v) is 18.3. The summed E-state index contributed by atoms with van der Waals surface area (Å²) in [6.45, 7) is 13.5. The number of aromatic nitrogens is 2. The van der Waals surface area contributed by atoms with Gasteiger partial charge in [0.2, 0.25) is 0 Å². The maximum absolute atomic E-state index is 5.84. The van der Waals surface area contributed by atoms with Crippen LogP contribution in [0.15, 0.2) is 36.7 Å². The lowest BCUT2D eigenvalue weighted by molar-refractivity contribution is 0.302. The van der Waals surface area contributed by atoms with Crippen LogP contribution in [0.4, 0.5) is 0 Å². The zero-order valence-corrected chi connectivity index (χ0v) is 23.5. The first-order chi connectivity index (χ1) is 15.9. The first-order valence-electron chi connectivity index (χ1n) is 12.7. The van der Waals surface area contributed by atoms with Crippen LogP contribution in [-0.4, -0.2) is 45.3 Å². The molecule has 0 N–H and O–H groups in total. The van der Waals surface area contributed by atoms with Crippen molar-refractivity contribution in [3.63, 3.8) is 0 Å². The van der Waals surface area contributed by atoms with Crippen LogP contribution in [0.3, 0.4) is 0 Å². The van der Waals surface area contributed by atoms with Gasteiger partial charge >= 0.3 is 0 Å². The largest absolute Gasteiger partial charge is 0.494 e. The second-order valence-electron chi connectivity index (χ2n) is 10.2. The molecular formula is C27H44N2O2Si2. The molecule has 1 heterocycles. The molecule has 2 rings (SSSR count). The Kier molecular flexibility index (Phi) is 12.6. The Balaban J connectivity index is 1.62. The number of rotatable bonds is 16. The van der Waals surface area contributed by atoms with Crippen molar-refractivity contribution in [2.45, 2.75) is 90.1 Å². The second kappa shape index (κ2) is 15.2. The maximum Gasteiger partial charge on any atom is 0.159 e. The third kappa shape index (κ3) is 12.3. The van der Waals surface area contributed by atoms with Crippen molar-refractivity contribution in [1.82, 2.24) is 9.97 Å². The van der Waals surface area contributed by atoms with E-state index in [1.54, 1.807) is 12.4 Å². The third-order valence-electron chi connectivity index (χ3n) is 5.55. The van der Waals surface area contributed by atoms with E-state index in [0.29, 0.717) is 5.82 Å². The van der Waals surface area contributed by atoms with Gasteiger partial charge < -0.3 is 9.47 Å². The Morgan fingerprint density at radius 2 is 1.42 bits per heavy atom. The van der Waals surface area contributed by atoms with E-state index < -0.39 is 8.07 Å². The number of hydrogen-bond donors (Lipinski definition) is 0. The Morgan fingerprint density at radius 3 is 2.06 bits per heavy atom. The topological polar surface area (TPSA) is 44.2 Å². The summed E-state index contributed by atoms with van der Waals surface area (Å²) < 4.78 is 11.6. The predicted octanol–water partition coefficient (Wildman–Crippen LogP) is 7.50. The van der Waals surface area contributed by atoms with Gasteiger partial charge in [0.05, 0.1) is 25.6 Å². The van der Waals surface area contributed by atoms with E-state index in [1.165, 1.54) is 44.2 Å². The molecule has 182 valence electrons. The van der Waals surface area contributed by atoms with Gasteiger partial charge in [-0.25, -0.2) is 9.97 Å². The summed E-state index contributed by atoms with van der Waals surface area (Å²) in [6.07, 6.45) is 12.0. The summed E-state index contributed by atoms with van der Waals surface area (Å²) in [7, 11) is -1.15. The van der Waals surface area contributed by atoms with Gasteiger partial charge in [-0.05, 0) is 49.2 Å². The number of benzene rings is 1. The maximum atomic E-state index is 5.84. The number of hydrogen-bond acceptors (Lipinski definition) is 4. The van der Waals surface area contributed by atoms with E-state index in [-0.39, 0.29) is 8.41 Å². The van der Waals surface area contributed by atoms with Gasteiger partial charge in [0.1, 0.15) is 5.75 Å². The van der Waals surface area contributed by atoms with Crippen molar-refractivity contribution in [3.05, 3.63) is 36.7 Å². The predicted molar refractivity (Wildman–Crippen MR) is 147 cm³/mol. The molecule has 0 unspecified atom stereocenters. The molecule has 1 aromatic heterocycles. The van der Waals surface area contributed by atoms with Crippen molar-refractivity contribution < 1.29 is 9.47 Å². The smallest absolute Gasteiger partial charge is 0.159 e. The van der Waals surface area contributed by atoms with Crippen molar-refractivity contribution in [1.29, 1.82) is 0 Å². The molecule has 4 nitrogen and oxygen atoms in total. The SMILES string of the molecule is CCCCCOc1ccc(-c2ncc(OCCCCCC/[Si](C)=C/C[Si](C)(C)C)cn2)cc1. The number of ether oxygens (including phenoxy) is 2. The average Bonchev–Trinajstić information content (AvgIpc) is 2.80. The summed E-state index contributed by atoms with van der Waals surface area (Å²) in [6, 6.07) is 10.8. The molecule has 6 heteroatoms. The van der Waals surface area contributed by atoms with Crippen molar-refractivity contribution >= 4 is 22.2 Å². The molecular weight excluding hydrogens is 440 g/mol. The van der Waals surface area contributed by atoms with Crippen LogP contribution in [-0.2, 0) is 0 Å². The highest BCUT2D eigenvalue weighted by molar-refractivity contribution is 6.82. The molecule has 0 fully saturated rings. The summed E-state index contributed by atoms with van der Waals surface area (Å²) in [5.74, 6) is 2.35. The van der Waals surface area contributed by atoms with Gasteiger partial charge in [-0.3, -0.25) is 0 Å². The molecule has 0 saturated heterocycles. The Bertz CT molecular complexity index is 816. The zero-order valence-electron chi connectivity index (χ0n) is 21.5. The minimum atomic E-state index is -0.912. The van der Waals surface area contributed by atoms with Gasteiger partial charge in [0.25, 0.3) is 0 Å². The molecule has 0 aliphatic heterocycles. The first-order valence-corrected chi connectivity index (χ1v) is 18.7. The first kappa shape index (κ1) is 27.4. The van der Waals surface area contributed by atoms with Crippen LogP contribution in [0, 0.1) is 0 Å². The number of nitrogens with zero attached hydrogens (tertiary/aromatic N) is 2. The average molecular weight is 485 g/mol. The third-order valence-corrected chi connectivity index (χ3v) is 9.43. The summed E-state index contributed by atoms with van der Waals surface area (Å²) in [4.78, 5) is 8.95. The fraction of sp³-hybridized carbons (Fsp3) is 0.593. The molecule has 0 aliphatic rings. The summed E-state index contributed by atoms with van der Waals surface area (Å²) in [5, 5.41) is 0. The molecule has 0 aliphatic carbocycles. The molecule has 0 bridgehead atoms. The quantitative estimate of drug-likeness (QED) is 0.183. The molecule has 0 atom stereocenters. The van der Waals surface area contributed by atoms with Crippen molar-refractivity contribution in [2.24, 2.45) is 0 Å². The Morgan fingerprint density at radius 1 is 0.818 bits per heavy atom. The lowest BCUT2D eigenvalue weighted by Gasteiger charge is -2.13. The van der Waals surface area contributed by atoms with E-state index >= 15 is 0 Å². The lowest BCUT2D eigenvalue weighted by atomic mass is 10.2. The van der Waals surface area contributed by atoms with E-state index in [1.807, 2.05) is 24.3 Å². The summed E-state index contributed by atoms with van der Waals surface area (Å²) in [5.41, 5.74) is 3.64. The lowest BCUT2D eigenvalue weighted by Crippen LogP contribution is -2.21. The minimum Gasteiger partial charge on any atom is -0.494 e. The normalized spacial score (nSPS) is 12.1. The van der Waals surface area contributed by atoms with Gasteiger partial charge in [-0.1, -0.05) is 65.2 Å². The molecule has 0 saturated carbocycles. The molecule has 1 aromatic carbocycles. The van der Waals surface area contributed by atoms with Crippen LogP contribution in [0.25, 0.3) is 11.4 Å². The molecule has 2 aromatic rings. The fourth-order valence-electron chi connectivity index (χ4n) is 3.41. The zero-order chi connectivity index (χ0) is 23.9. The van der Waals surface area contributed by atoms with Crippen LogP contribution in [0.5, 0.6) is 11.5 Å². The van der Waals surface area contributed by atoms with Gasteiger partial charge in [0, 0.05) is 22.0 Å². The Hall–Kier alpha value is -1.80. The highest BCUT2D eigenvalue weighted by Crippen LogP contribution is 2.21.